The predicted molar refractivity (Wildman–Crippen MR) is 56.9 cm³/mol. The van der Waals surface area contributed by atoms with Gasteiger partial charge in [-0.3, -0.25) is 4.79 Å². The summed E-state index contributed by atoms with van der Waals surface area (Å²) in [5.74, 6) is 1.76. The Morgan fingerprint density at radius 1 is 1.36 bits per heavy atom. The van der Waals surface area contributed by atoms with Crippen LogP contribution in [0.25, 0.3) is 0 Å². The molecule has 1 saturated carbocycles. The molecule has 0 N–H and O–H groups in total. The quantitative estimate of drug-likeness (QED) is 0.637. The fraction of sp³-hybridized carbons (Fsp3) is 0.917. The van der Waals surface area contributed by atoms with Crippen LogP contribution in [0.3, 0.4) is 0 Å². The Morgan fingerprint density at radius 3 is 2.50 bits per heavy atom. The fourth-order valence-corrected chi connectivity index (χ4v) is 2.46. The van der Waals surface area contributed by atoms with Crippen LogP contribution in [-0.2, 0) is 9.53 Å². The van der Waals surface area contributed by atoms with E-state index in [9.17, 15) is 4.79 Å². The van der Waals surface area contributed by atoms with Gasteiger partial charge in [0.15, 0.2) is 0 Å². The highest BCUT2D eigenvalue weighted by Crippen LogP contribution is 2.35. The van der Waals surface area contributed by atoms with Crippen molar-refractivity contribution in [3.8, 4) is 0 Å². The summed E-state index contributed by atoms with van der Waals surface area (Å²) in [6.45, 7) is 8.19. The monoisotopic (exact) mass is 198 g/mol. The molecule has 2 heteroatoms. The highest BCUT2D eigenvalue weighted by Gasteiger charge is 2.32. The van der Waals surface area contributed by atoms with Gasteiger partial charge in [-0.05, 0) is 30.6 Å². The number of carbonyl (C=O) groups excluding carboxylic acids is 1. The van der Waals surface area contributed by atoms with Gasteiger partial charge in [-0.25, -0.2) is 0 Å². The lowest BCUT2D eigenvalue weighted by atomic mass is 9.75. The van der Waals surface area contributed by atoms with E-state index in [0.717, 1.165) is 6.42 Å². The fourth-order valence-electron chi connectivity index (χ4n) is 2.46. The molecule has 0 radical (unpaired) electrons. The van der Waals surface area contributed by atoms with Crippen LogP contribution in [-0.4, -0.2) is 12.1 Å². The molecule has 0 spiro atoms. The molecule has 14 heavy (non-hydrogen) atoms. The van der Waals surface area contributed by atoms with Gasteiger partial charge < -0.3 is 4.74 Å². The summed E-state index contributed by atoms with van der Waals surface area (Å²) in [6.07, 6.45) is 3.69. The molecule has 2 nitrogen and oxygen atoms in total. The molecule has 1 rings (SSSR count). The van der Waals surface area contributed by atoms with Crippen molar-refractivity contribution in [1.29, 1.82) is 0 Å². The van der Waals surface area contributed by atoms with Crippen LogP contribution in [0.4, 0.5) is 0 Å². The number of esters is 1. The standard InChI is InChI=1S/C12H22O2/c1-8(2)11-6-5-9(3)7-12(11)14-10(4)13/h8-9,11-12H,5-7H2,1-4H3/t9-,11+,12-/m1/s1. The van der Waals surface area contributed by atoms with Crippen molar-refractivity contribution in [2.75, 3.05) is 0 Å². The molecule has 0 bridgehead atoms. The van der Waals surface area contributed by atoms with Crippen LogP contribution >= 0.6 is 0 Å². The molecule has 3 atom stereocenters. The third kappa shape index (κ3) is 3.00. The Bertz CT molecular complexity index is 198. The minimum atomic E-state index is -0.130. The molecule has 0 amide bonds. The first-order valence-electron chi connectivity index (χ1n) is 5.68. The van der Waals surface area contributed by atoms with Crippen molar-refractivity contribution in [2.24, 2.45) is 17.8 Å². The zero-order chi connectivity index (χ0) is 10.7. The Kier molecular flexibility index (Phi) is 3.97. The zero-order valence-electron chi connectivity index (χ0n) is 9.75. The van der Waals surface area contributed by atoms with Crippen molar-refractivity contribution in [2.45, 2.75) is 53.1 Å². The Hall–Kier alpha value is -0.530. The Morgan fingerprint density at radius 2 is 2.00 bits per heavy atom. The summed E-state index contributed by atoms with van der Waals surface area (Å²) >= 11 is 0. The molecule has 0 aromatic carbocycles. The SMILES string of the molecule is CC(=O)O[C@@H]1C[C@H](C)CC[C@H]1C(C)C. The van der Waals surface area contributed by atoms with E-state index in [4.69, 9.17) is 4.74 Å². The average Bonchev–Trinajstić information content (AvgIpc) is 2.01. The molecule has 0 saturated heterocycles. The first kappa shape index (κ1) is 11.5. The van der Waals surface area contributed by atoms with Gasteiger partial charge >= 0.3 is 5.97 Å². The van der Waals surface area contributed by atoms with E-state index < -0.39 is 0 Å². The molecule has 0 aromatic rings. The molecule has 82 valence electrons. The van der Waals surface area contributed by atoms with Gasteiger partial charge in [0.1, 0.15) is 6.10 Å². The number of hydrogen-bond acceptors (Lipinski definition) is 2. The van der Waals surface area contributed by atoms with E-state index in [1.807, 2.05) is 0 Å². The lowest BCUT2D eigenvalue weighted by Gasteiger charge is -2.36. The van der Waals surface area contributed by atoms with Crippen LogP contribution in [0.5, 0.6) is 0 Å². The Labute approximate surface area is 87.0 Å². The van der Waals surface area contributed by atoms with Crippen molar-refractivity contribution in [3.63, 3.8) is 0 Å². The minimum absolute atomic E-state index is 0.130. The second-order valence-corrected chi connectivity index (χ2v) is 4.97. The van der Waals surface area contributed by atoms with Gasteiger partial charge in [0.2, 0.25) is 0 Å². The van der Waals surface area contributed by atoms with Crippen molar-refractivity contribution < 1.29 is 9.53 Å². The van der Waals surface area contributed by atoms with Crippen LogP contribution < -0.4 is 0 Å². The smallest absolute Gasteiger partial charge is 0.302 e. The molecule has 0 aliphatic heterocycles. The van der Waals surface area contributed by atoms with E-state index in [2.05, 4.69) is 20.8 Å². The maximum absolute atomic E-state index is 11.0. The van der Waals surface area contributed by atoms with Gasteiger partial charge in [0, 0.05) is 6.92 Å². The summed E-state index contributed by atoms with van der Waals surface area (Å²) < 4.78 is 5.40. The van der Waals surface area contributed by atoms with Crippen molar-refractivity contribution in [1.82, 2.24) is 0 Å². The summed E-state index contributed by atoms with van der Waals surface area (Å²) in [5.41, 5.74) is 0. The lowest BCUT2D eigenvalue weighted by Crippen LogP contribution is -2.35. The van der Waals surface area contributed by atoms with E-state index in [1.165, 1.54) is 19.8 Å². The van der Waals surface area contributed by atoms with Gasteiger partial charge in [-0.2, -0.15) is 0 Å². The van der Waals surface area contributed by atoms with Gasteiger partial charge in [0.25, 0.3) is 0 Å². The van der Waals surface area contributed by atoms with Crippen LogP contribution in [0.1, 0.15) is 47.0 Å². The molecule has 0 heterocycles. The van der Waals surface area contributed by atoms with Crippen molar-refractivity contribution >= 4 is 5.97 Å². The summed E-state index contributed by atoms with van der Waals surface area (Å²) in [7, 11) is 0. The predicted octanol–water partition coefficient (Wildman–Crippen LogP) is 3.01. The van der Waals surface area contributed by atoms with E-state index >= 15 is 0 Å². The van der Waals surface area contributed by atoms with Gasteiger partial charge in [-0.15, -0.1) is 0 Å². The minimum Gasteiger partial charge on any atom is -0.462 e. The molecular weight excluding hydrogens is 176 g/mol. The second kappa shape index (κ2) is 4.81. The molecule has 1 aliphatic rings. The maximum atomic E-state index is 11.0. The molecule has 0 aromatic heterocycles. The molecule has 1 aliphatic carbocycles. The third-order valence-corrected chi connectivity index (χ3v) is 3.28. The topological polar surface area (TPSA) is 26.3 Å². The van der Waals surface area contributed by atoms with Gasteiger partial charge in [-0.1, -0.05) is 27.2 Å². The lowest BCUT2D eigenvalue weighted by molar-refractivity contribution is -0.153. The zero-order valence-corrected chi connectivity index (χ0v) is 9.75. The van der Waals surface area contributed by atoms with Crippen LogP contribution in [0.2, 0.25) is 0 Å². The Balaban J connectivity index is 2.58. The first-order valence-corrected chi connectivity index (χ1v) is 5.68. The number of rotatable bonds is 2. The number of hydrogen-bond donors (Lipinski definition) is 0. The molecule has 0 unspecified atom stereocenters. The maximum Gasteiger partial charge on any atom is 0.302 e. The number of carbonyl (C=O) groups is 1. The first-order chi connectivity index (χ1) is 6.50. The third-order valence-electron chi connectivity index (χ3n) is 3.28. The van der Waals surface area contributed by atoms with E-state index in [0.29, 0.717) is 17.8 Å². The van der Waals surface area contributed by atoms with Crippen LogP contribution in [0.15, 0.2) is 0 Å². The molecule has 1 fully saturated rings. The van der Waals surface area contributed by atoms with Gasteiger partial charge in [0.05, 0.1) is 0 Å². The normalized spacial score (nSPS) is 33.1. The summed E-state index contributed by atoms with van der Waals surface area (Å²) in [4.78, 5) is 11.0. The highest BCUT2D eigenvalue weighted by molar-refractivity contribution is 5.66. The molecular formula is C12H22O2. The largest absolute Gasteiger partial charge is 0.462 e. The summed E-state index contributed by atoms with van der Waals surface area (Å²) in [6, 6.07) is 0. The van der Waals surface area contributed by atoms with E-state index in [-0.39, 0.29) is 12.1 Å². The van der Waals surface area contributed by atoms with Crippen LogP contribution in [0, 0.1) is 17.8 Å². The van der Waals surface area contributed by atoms with Crippen molar-refractivity contribution in [3.05, 3.63) is 0 Å². The highest BCUT2D eigenvalue weighted by atomic mass is 16.5. The average molecular weight is 198 g/mol. The summed E-state index contributed by atoms with van der Waals surface area (Å²) in [5, 5.41) is 0. The number of ether oxygens (including phenoxy) is 1. The van der Waals surface area contributed by atoms with E-state index in [1.54, 1.807) is 0 Å². The second-order valence-electron chi connectivity index (χ2n) is 4.97.